The number of anilines is 1. The number of carbonyl (C=O) groups is 1. The molecule has 82 valence electrons. The molecule has 2 rings (SSSR count). The van der Waals surface area contributed by atoms with E-state index in [9.17, 15) is 4.79 Å². The van der Waals surface area contributed by atoms with Crippen molar-refractivity contribution in [1.29, 1.82) is 0 Å². The number of hydrogen-bond donors (Lipinski definition) is 1. The first-order valence-electron chi connectivity index (χ1n) is 4.50. The Morgan fingerprint density at radius 3 is 3.06 bits per heavy atom. The molecule has 0 atom stereocenters. The first kappa shape index (κ1) is 10.6. The number of nitrogens with one attached hydrogen (secondary N) is 1. The van der Waals surface area contributed by atoms with Gasteiger partial charge in [0.15, 0.2) is 5.15 Å². The van der Waals surface area contributed by atoms with Gasteiger partial charge in [-0.25, -0.2) is 9.67 Å². The minimum atomic E-state index is -0.236. The molecular weight excluding hydrogens is 230 g/mol. The van der Waals surface area contributed by atoms with Crippen LogP contribution in [0, 0.1) is 0 Å². The zero-order valence-corrected chi connectivity index (χ0v) is 8.92. The quantitative estimate of drug-likeness (QED) is 0.808. The van der Waals surface area contributed by atoms with Crippen LogP contribution in [0.3, 0.4) is 0 Å². The van der Waals surface area contributed by atoms with Crippen LogP contribution in [0.2, 0.25) is 5.15 Å². The number of pyridine rings is 1. The number of aromatic nitrogens is 4. The van der Waals surface area contributed by atoms with Gasteiger partial charge in [0.05, 0.1) is 11.9 Å². The zero-order valence-electron chi connectivity index (χ0n) is 8.17. The van der Waals surface area contributed by atoms with Gasteiger partial charge in [-0.2, -0.15) is 0 Å². The van der Waals surface area contributed by atoms with Crippen molar-refractivity contribution in [2.75, 3.05) is 5.32 Å². The van der Waals surface area contributed by atoms with Crippen molar-refractivity contribution in [3.05, 3.63) is 35.9 Å². The monoisotopic (exact) mass is 237 g/mol. The molecule has 0 unspecified atom stereocenters. The molecule has 2 aromatic heterocycles. The summed E-state index contributed by atoms with van der Waals surface area (Å²) in [5.41, 5.74) is 0.481. The molecule has 0 aliphatic rings. The molecule has 0 saturated carbocycles. The topological polar surface area (TPSA) is 72.7 Å². The van der Waals surface area contributed by atoms with Gasteiger partial charge in [0.25, 0.3) is 0 Å². The number of carbonyl (C=O) groups excluding carboxylic acids is 1. The maximum absolute atomic E-state index is 11.5. The van der Waals surface area contributed by atoms with Crippen molar-refractivity contribution in [2.24, 2.45) is 0 Å². The predicted octanol–water partition coefficient (Wildman–Crippen LogP) is 0.965. The Balaban J connectivity index is 2.00. The van der Waals surface area contributed by atoms with Crippen molar-refractivity contribution < 1.29 is 4.79 Å². The molecule has 6 nitrogen and oxygen atoms in total. The van der Waals surface area contributed by atoms with Crippen LogP contribution in [-0.2, 0) is 11.3 Å². The number of nitrogens with zero attached hydrogens (tertiary/aromatic N) is 4. The summed E-state index contributed by atoms with van der Waals surface area (Å²) in [6.07, 6.45) is 4.66. The van der Waals surface area contributed by atoms with Crippen LogP contribution in [0.1, 0.15) is 0 Å². The normalized spacial score (nSPS) is 10.1. The number of amides is 1. The van der Waals surface area contributed by atoms with Crippen molar-refractivity contribution in [1.82, 2.24) is 20.0 Å². The average Bonchev–Trinajstić information content (AvgIpc) is 2.74. The van der Waals surface area contributed by atoms with E-state index in [-0.39, 0.29) is 17.6 Å². The Labute approximate surface area is 96.2 Å². The predicted molar refractivity (Wildman–Crippen MR) is 57.9 cm³/mol. The van der Waals surface area contributed by atoms with Gasteiger partial charge in [0.1, 0.15) is 6.54 Å². The van der Waals surface area contributed by atoms with Gasteiger partial charge in [0, 0.05) is 12.4 Å². The average molecular weight is 238 g/mol. The Morgan fingerprint density at radius 1 is 1.50 bits per heavy atom. The van der Waals surface area contributed by atoms with Crippen LogP contribution >= 0.6 is 11.6 Å². The molecule has 0 spiro atoms. The molecule has 0 fully saturated rings. The molecule has 1 N–H and O–H groups in total. The highest BCUT2D eigenvalue weighted by molar-refractivity contribution is 6.32. The smallest absolute Gasteiger partial charge is 0.246 e. The third kappa shape index (κ3) is 2.54. The summed E-state index contributed by atoms with van der Waals surface area (Å²) in [4.78, 5) is 15.4. The molecule has 0 aromatic carbocycles. The molecule has 1 amide bonds. The third-order valence-electron chi connectivity index (χ3n) is 1.81. The highest BCUT2D eigenvalue weighted by Gasteiger charge is 2.06. The first-order valence-corrected chi connectivity index (χ1v) is 4.88. The number of rotatable bonds is 3. The lowest BCUT2D eigenvalue weighted by atomic mass is 10.4. The van der Waals surface area contributed by atoms with Gasteiger partial charge in [-0.15, -0.1) is 5.10 Å². The van der Waals surface area contributed by atoms with Crippen molar-refractivity contribution in [2.45, 2.75) is 6.54 Å². The van der Waals surface area contributed by atoms with E-state index in [0.717, 1.165) is 0 Å². The SMILES string of the molecule is O=C(Cn1ccnn1)Nc1cccnc1Cl. The molecule has 2 heterocycles. The fourth-order valence-corrected chi connectivity index (χ4v) is 1.30. The summed E-state index contributed by atoms with van der Waals surface area (Å²) in [5.74, 6) is -0.236. The molecule has 7 heteroatoms. The van der Waals surface area contributed by atoms with E-state index in [1.54, 1.807) is 24.5 Å². The summed E-state index contributed by atoms with van der Waals surface area (Å²) in [6, 6.07) is 3.37. The van der Waals surface area contributed by atoms with Gasteiger partial charge in [0.2, 0.25) is 5.91 Å². The van der Waals surface area contributed by atoms with E-state index in [0.29, 0.717) is 5.69 Å². The molecular formula is C9H8ClN5O. The van der Waals surface area contributed by atoms with Crippen molar-refractivity contribution in [3.63, 3.8) is 0 Å². The molecule has 2 aromatic rings. The van der Waals surface area contributed by atoms with Gasteiger partial charge in [-0.1, -0.05) is 16.8 Å². The lowest BCUT2D eigenvalue weighted by molar-refractivity contribution is -0.116. The van der Waals surface area contributed by atoms with E-state index in [2.05, 4.69) is 20.6 Å². The van der Waals surface area contributed by atoms with Gasteiger partial charge in [-0.05, 0) is 12.1 Å². The second-order valence-corrected chi connectivity index (χ2v) is 3.35. The first-order chi connectivity index (χ1) is 7.75. The summed E-state index contributed by atoms with van der Waals surface area (Å²) in [5, 5.41) is 10.2. The van der Waals surface area contributed by atoms with Crippen molar-refractivity contribution >= 4 is 23.2 Å². The fraction of sp³-hybridized carbons (Fsp3) is 0.111. The van der Waals surface area contributed by atoms with Crippen molar-refractivity contribution in [3.8, 4) is 0 Å². The van der Waals surface area contributed by atoms with E-state index in [4.69, 9.17) is 11.6 Å². The standard InChI is InChI=1S/C9H8ClN5O/c10-9-7(2-1-3-11-9)13-8(16)6-15-5-4-12-14-15/h1-5H,6H2,(H,13,16). The molecule has 0 saturated heterocycles. The number of hydrogen-bond acceptors (Lipinski definition) is 4. The Bertz CT molecular complexity index is 484. The minimum absolute atomic E-state index is 0.0885. The molecule has 16 heavy (non-hydrogen) atoms. The van der Waals surface area contributed by atoms with Gasteiger partial charge in [-0.3, -0.25) is 4.79 Å². The maximum atomic E-state index is 11.5. The second-order valence-electron chi connectivity index (χ2n) is 2.99. The molecule has 0 radical (unpaired) electrons. The van der Waals surface area contributed by atoms with Gasteiger partial charge >= 0.3 is 0 Å². The summed E-state index contributed by atoms with van der Waals surface area (Å²) >= 11 is 5.79. The zero-order chi connectivity index (χ0) is 11.4. The lowest BCUT2D eigenvalue weighted by Gasteiger charge is -2.05. The van der Waals surface area contributed by atoms with Crippen LogP contribution in [0.4, 0.5) is 5.69 Å². The Hall–Kier alpha value is -1.95. The Morgan fingerprint density at radius 2 is 2.38 bits per heavy atom. The van der Waals surface area contributed by atoms with Crippen LogP contribution in [-0.4, -0.2) is 25.9 Å². The third-order valence-corrected chi connectivity index (χ3v) is 2.11. The minimum Gasteiger partial charge on any atom is -0.322 e. The fourth-order valence-electron chi connectivity index (χ4n) is 1.13. The highest BCUT2D eigenvalue weighted by Crippen LogP contribution is 2.17. The molecule has 0 aliphatic heterocycles. The van der Waals surface area contributed by atoms with E-state index in [1.807, 2.05) is 0 Å². The lowest BCUT2D eigenvalue weighted by Crippen LogP contribution is -2.19. The summed E-state index contributed by atoms with van der Waals surface area (Å²) < 4.78 is 1.42. The molecule has 0 bridgehead atoms. The second kappa shape index (κ2) is 4.71. The summed E-state index contributed by atoms with van der Waals surface area (Å²) in [6.45, 7) is 0.0885. The summed E-state index contributed by atoms with van der Waals surface area (Å²) in [7, 11) is 0. The van der Waals surface area contributed by atoms with Crippen LogP contribution < -0.4 is 5.32 Å². The van der Waals surface area contributed by atoms with E-state index < -0.39 is 0 Å². The maximum Gasteiger partial charge on any atom is 0.246 e. The largest absolute Gasteiger partial charge is 0.322 e. The van der Waals surface area contributed by atoms with E-state index in [1.165, 1.54) is 10.9 Å². The Kier molecular flexibility index (Phi) is 3.11. The molecule has 0 aliphatic carbocycles. The van der Waals surface area contributed by atoms with Crippen LogP contribution in [0.25, 0.3) is 0 Å². The van der Waals surface area contributed by atoms with Crippen LogP contribution in [0.15, 0.2) is 30.7 Å². The van der Waals surface area contributed by atoms with E-state index >= 15 is 0 Å². The van der Waals surface area contributed by atoms with Gasteiger partial charge < -0.3 is 5.32 Å². The number of halogens is 1. The highest BCUT2D eigenvalue weighted by atomic mass is 35.5. The van der Waals surface area contributed by atoms with Crippen LogP contribution in [0.5, 0.6) is 0 Å².